The normalized spacial score (nSPS) is 21.2. The van der Waals surface area contributed by atoms with Gasteiger partial charge >= 0.3 is 0 Å². The van der Waals surface area contributed by atoms with Gasteiger partial charge in [0.05, 0.1) is 10.9 Å². The summed E-state index contributed by atoms with van der Waals surface area (Å²) in [5.41, 5.74) is 5.88. The molecule has 1 amide bonds. The number of aryl methyl sites for hydroxylation is 3. The average molecular weight is 418 g/mol. The number of H-pyrrole nitrogens is 1. The number of carbonyl (C=O) groups excluding carboxylic acids is 1. The molecule has 2 atom stereocenters. The standard InChI is InChI=1S/C25H31N5O/c1-4-5-18-6-8-19(9-7-18)13-29-14-20-10-11-30(22(20)15-29)25(31)21-12-16(2)26-24-23(21)17(3)27-28-24/h6-9,12,20,22H,4-5,10-11,13-15H2,1-3H3,(H,26,27,28)/t20-,22+/m0/s1. The second-order valence-electron chi connectivity index (χ2n) is 9.23. The molecule has 4 heterocycles. The Balaban J connectivity index is 1.32. The van der Waals surface area contributed by atoms with Gasteiger partial charge in [-0.2, -0.15) is 5.10 Å². The quantitative estimate of drug-likeness (QED) is 0.684. The van der Waals surface area contributed by atoms with Crippen LogP contribution in [0.25, 0.3) is 11.0 Å². The molecule has 2 aliphatic rings. The highest BCUT2D eigenvalue weighted by Gasteiger charge is 2.43. The fourth-order valence-corrected chi connectivity index (χ4v) is 5.41. The lowest BCUT2D eigenvalue weighted by Gasteiger charge is -2.25. The molecule has 162 valence electrons. The first-order chi connectivity index (χ1) is 15.0. The van der Waals surface area contributed by atoms with E-state index in [1.165, 1.54) is 17.5 Å². The van der Waals surface area contributed by atoms with E-state index in [4.69, 9.17) is 0 Å². The topological polar surface area (TPSA) is 65.1 Å². The number of benzene rings is 1. The fourth-order valence-electron chi connectivity index (χ4n) is 5.41. The Hall–Kier alpha value is -2.73. The number of likely N-dealkylation sites (tertiary alicyclic amines) is 2. The molecule has 0 aliphatic carbocycles. The Kier molecular flexibility index (Phi) is 5.26. The Morgan fingerprint density at radius 3 is 2.71 bits per heavy atom. The van der Waals surface area contributed by atoms with Gasteiger partial charge in [0.25, 0.3) is 5.91 Å². The van der Waals surface area contributed by atoms with Gasteiger partial charge in [0.2, 0.25) is 0 Å². The van der Waals surface area contributed by atoms with Crippen molar-refractivity contribution in [2.24, 2.45) is 5.92 Å². The van der Waals surface area contributed by atoms with Crippen LogP contribution in [0.5, 0.6) is 0 Å². The number of fused-ring (bicyclic) bond motifs is 2. The molecule has 1 aromatic carbocycles. The summed E-state index contributed by atoms with van der Waals surface area (Å²) in [7, 11) is 0. The minimum Gasteiger partial charge on any atom is -0.334 e. The molecule has 2 saturated heterocycles. The summed E-state index contributed by atoms with van der Waals surface area (Å²) in [6.07, 6.45) is 3.41. The van der Waals surface area contributed by atoms with E-state index in [2.05, 4.69) is 56.2 Å². The van der Waals surface area contributed by atoms with Gasteiger partial charge in [0, 0.05) is 43.6 Å². The van der Waals surface area contributed by atoms with Gasteiger partial charge in [-0.1, -0.05) is 37.6 Å². The molecule has 2 aromatic heterocycles. The molecule has 2 aliphatic heterocycles. The fraction of sp³-hybridized carbons (Fsp3) is 0.480. The zero-order chi connectivity index (χ0) is 21.5. The number of nitrogens with zero attached hydrogens (tertiary/aromatic N) is 4. The largest absolute Gasteiger partial charge is 0.334 e. The molecule has 1 N–H and O–H groups in total. The SMILES string of the molecule is CCCc1ccc(CN2C[C@@H]3CCN(C(=O)c4cc(C)nc5n[nH]c(C)c45)[C@@H]3C2)cc1. The summed E-state index contributed by atoms with van der Waals surface area (Å²) >= 11 is 0. The first-order valence-electron chi connectivity index (χ1n) is 11.5. The van der Waals surface area contributed by atoms with E-state index in [-0.39, 0.29) is 5.91 Å². The number of nitrogens with one attached hydrogen (secondary N) is 1. The van der Waals surface area contributed by atoms with Crippen molar-refractivity contribution in [2.75, 3.05) is 19.6 Å². The summed E-state index contributed by atoms with van der Waals surface area (Å²) in [5, 5.41) is 8.13. The van der Waals surface area contributed by atoms with E-state index in [1.807, 2.05) is 19.9 Å². The molecule has 6 heteroatoms. The van der Waals surface area contributed by atoms with Crippen molar-refractivity contribution in [1.82, 2.24) is 25.0 Å². The molecular weight excluding hydrogens is 386 g/mol. The molecule has 5 rings (SSSR count). The number of aromatic nitrogens is 3. The van der Waals surface area contributed by atoms with Gasteiger partial charge in [-0.05, 0) is 49.8 Å². The molecule has 0 bridgehead atoms. The minimum atomic E-state index is 0.123. The van der Waals surface area contributed by atoms with Crippen LogP contribution in [0, 0.1) is 19.8 Å². The maximum atomic E-state index is 13.6. The van der Waals surface area contributed by atoms with Crippen LogP contribution in [0.4, 0.5) is 0 Å². The first-order valence-corrected chi connectivity index (χ1v) is 11.5. The van der Waals surface area contributed by atoms with Crippen LogP contribution in [0.2, 0.25) is 0 Å². The molecule has 3 aromatic rings. The number of pyridine rings is 1. The third kappa shape index (κ3) is 3.74. The van der Waals surface area contributed by atoms with Crippen molar-refractivity contribution in [2.45, 2.75) is 52.6 Å². The highest BCUT2D eigenvalue weighted by Crippen LogP contribution is 2.34. The number of amides is 1. The third-order valence-corrected chi connectivity index (χ3v) is 6.92. The second-order valence-corrected chi connectivity index (χ2v) is 9.23. The van der Waals surface area contributed by atoms with E-state index in [9.17, 15) is 4.79 Å². The van der Waals surface area contributed by atoms with Gasteiger partial charge in [-0.15, -0.1) is 0 Å². The lowest BCUT2D eigenvalue weighted by atomic mass is 10.0. The molecule has 6 nitrogen and oxygen atoms in total. The van der Waals surface area contributed by atoms with E-state index < -0.39 is 0 Å². The predicted molar refractivity (Wildman–Crippen MR) is 122 cm³/mol. The van der Waals surface area contributed by atoms with Crippen LogP contribution >= 0.6 is 0 Å². The van der Waals surface area contributed by atoms with E-state index in [1.54, 1.807) is 0 Å². The first kappa shape index (κ1) is 20.2. The molecule has 31 heavy (non-hydrogen) atoms. The van der Waals surface area contributed by atoms with Crippen LogP contribution in [0.3, 0.4) is 0 Å². The second kappa shape index (κ2) is 8.08. The van der Waals surface area contributed by atoms with Crippen molar-refractivity contribution >= 4 is 16.9 Å². The summed E-state index contributed by atoms with van der Waals surface area (Å²) in [6.45, 7) is 9.92. The average Bonchev–Trinajstić information content (AvgIpc) is 3.43. The lowest BCUT2D eigenvalue weighted by Crippen LogP contribution is -2.39. The Labute approximate surface area is 183 Å². The number of aromatic amines is 1. The monoisotopic (exact) mass is 417 g/mol. The van der Waals surface area contributed by atoms with Crippen molar-refractivity contribution in [3.05, 3.63) is 58.4 Å². The summed E-state index contributed by atoms with van der Waals surface area (Å²) in [4.78, 5) is 22.7. The molecular formula is C25H31N5O. The van der Waals surface area contributed by atoms with Crippen molar-refractivity contribution in [3.8, 4) is 0 Å². The molecule has 0 radical (unpaired) electrons. The molecule has 0 unspecified atom stereocenters. The molecule has 0 spiro atoms. The highest BCUT2D eigenvalue weighted by atomic mass is 16.2. The molecule has 0 saturated carbocycles. The highest BCUT2D eigenvalue weighted by molar-refractivity contribution is 6.06. The number of hydrogen-bond donors (Lipinski definition) is 1. The van der Waals surface area contributed by atoms with Crippen molar-refractivity contribution < 1.29 is 4.79 Å². The number of carbonyl (C=O) groups is 1. The van der Waals surface area contributed by atoms with Crippen LogP contribution < -0.4 is 0 Å². The number of rotatable bonds is 5. The van der Waals surface area contributed by atoms with Gasteiger partial charge < -0.3 is 4.90 Å². The van der Waals surface area contributed by atoms with Crippen LogP contribution in [0.15, 0.2) is 30.3 Å². The zero-order valence-corrected chi connectivity index (χ0v) is 18.7. The predicted octanol–water partition coefficient (Wildman–Crippen LogP) is 3.87. The maximum absolute atomic E-state index is 13.6. The smallest absolute Gasteiger partial charge is 0.255 e. The van der Waals surface area contributed by atoms with Crippen molar-refractivity contribution in [1.29, 1.82) is 0 Å². The van der Waals surface area contributed by atoms with Gasteiger partial charge in [0.15, 0.2) is 5.65 Å². The van der Waals surface area contributed by atoms with Crippen molar-refractivity contribution in [3.63, 3.8) is 0 Å². The number of hydrogen-bond acceptors (Lipinski definition) is 4. The maximum Gasteiger partial charge on any atom is 0.255 e. The third-order valence-electron chi connectivity index (χ3n) is 6.92. The van der Waals surface area contributed by atoms with Gasteiger partial charge in [0.1, 0.15) is 0 Å². The van der Waals surface area contributed by atoms with E-state index >= 15 is 0 Å². The summed E-state index contributed by atoms with van der Waals surface area (Å²) in [6, 6.07) is 11.3. The van der Waals surface area contributed by atoms with Gasteiger partial charge in [-0.25, -0.2) is 4.98 Å². The van der Waals surface area contributed by atoms with E-state index in [0.717, 1.165) is 61.4 Å². The van der Waals surface area contributed by atoms with Crippen LogP contribution in [0.1, 0.15) is 52.6 Å². The Bertz CT molecular complexity index is 1100. The van der Waals surface area contributed by atoms with Gasteiger partial charge in [-0.3, -0.25) is 14.8 Å². The van der Waals surface area contributed by atoms with E-state index in [0.29, 0.717) is 17.6 Å². The molecule has 2 fully saturated rings. The Morgan fingerprint density at radius 1 is 1.16 bits per heavy atom. The Morgan fingerprint density at radius 2 is 1.94 bits per heavy atom. The minimum absolute atomic E-state index is 0.123. The van der Waals surface area contributed by atoms with Crippen LogP contribution in [-0.2, 0) is 13.0 Å². The summed E-state index contributed by atoms with van der Waals surface area (Å²) in [5.74, 6) is 0.686. The van der Waals surface area contributed by atoms with Crippen LogP contribution in [-0.4, -0.2) is 56.6 Å². The zero-order valence-electron chi connectivity index (χ0n) is 18.7. The summed E-state index contributed by atoms with van der Waals surface area (Å²) < 4.78 is 0. The lowest BCUT2D eigenvalue weighted by molar-refractivity contribution is 0.0728.